The first kappa shape index (κ1) is 12.7. The van der Waals surface area contributed by atoms with Crippen molar-refractivity contribution >= 4 is 33.2 Å². The van der Waals surface area contributed by atoms with Gasteiger partial charge in [-0.25, -0.2) is 0 Å². The van der Waals surface area contributed by atoms with E-state index in [2.05, 4.69) is 34.2 Å². The molecule has 0 aliphatic heterocycles. The lowest BCUT2D eigenvalue weighted by atomic mass is 10.3. The molecule has 0 atom stereocenters. The first-order valence-electron chi connectivity index (χ1n) is 4.77. The van der Waals surface area contributed by atoms with E-state index in [1.807, 2.05) is 0 Å². The van der Waals surface area contributed by atoms with Gasteiger partial charge in [0.25, 0.3) is 0 Å². The molecule has 0 saturated carbocycles. The van der Waals surface area contributed by atoms with E-state index in [1.54, 1.807) is 11.3 Å². The van der Waals surface area contributed by atoms with Gasteiger partial charge in [0.05, 0.1) is 0 Å². The van der Waals surface area contributed by atoms with Crippen LogP contribution in [-0.2, 0) is 11.3 Å². The summed E-state index contributed by atoms with van der Waals surface area (Å²) >= 11 is 5.22. The summed E-state index contributed by atoms with van der Waals surface area (Å²) in [7, 11) is 0. The number of rotatable bonds is 6. The van der Waals surface area contributed by atoms with Crippen LogP contribution in [0, 0.1) is 6.92 Å². The standard InChI is InChI=1S/C10H14BrNO2S/c1-7-9(11)5-8(15-7)6-12-4-2-3-10(13)14/h5,12H,2-4,6H2,1H3,(H,13,14). The van der Waals surface area contributed by atoms with E-state index < -0.39 is 5.97 Å². The predicted molar refractivity (Wildman–Crippen MR) is 65.3 cm³/mol. The van der Waals surface area contributed by atoms with Gasteiger partial charge < -0.3 is 10.4 Å². The number of nitrogens with one attached hydrogen (secondary N) is 1. The van der Waals surface area contributed by atoms with Crippen molar-refractivity contribution in [1.82, 2.24) is 5.32 Å². The number of carboxylic acids is 1. The molecule has 0 unspecified atom stereocenters. The highest BCUT2D eigenvalue weighted by atomic mass is 79.9. The lowest BCUT2D eigenvalue weighted by Gasteiger charge is -2.00. The summed E-state index contributed by atoms with van der Waals surface area (Å²) < 4.78 is 1.15. The molecule has 1 aromatic rings. The molecule has 0 spiro atoms. The highest BCUT2D eigenvalue weighted by Gasteiger charge is 2.02. The highest BCUT2D eigenvalue weighted by molar-refractivity contribution is 9.10. The number of hydrogen-bond donors (Lipinski definition) is 2. The molecule has 0 aliphatic rings. The van der Waals surface area contributed by atoms with Gasteiger partial charge in [-0.1, -0.05) is 0 Å². The zero-order chi connectivity index (χ0) is 11.3. The number of thiophene rings is 1. The Labute approximate surface area is 102 Å². The van der Waals surface area contributed by atoms with Crippen LogP contribution in [0.15, 0.2) is 10.5 Å². The van der Waals surface area contributed by atoms with Crippen molar-refractivity contribution < 1.29 is 9.90 Å². The van der Waals surface area contributed by atoms with Crippen LogP contribution in [0.4, 0.5) is 0 Å². The summed E-state index contributed by atoms with van der Waals surface area (Å²) in [6, 6.07) is 2.10. The molecule has 0 fully saturated rings. The topological polar surface area (TPSA) is 49.3 Å². The number of halogens is 1. The van der Waals surface area contributed by atoms with Gasteiger partial charge in [-0.2, -0.15) is 0 Å². The summed E-state index contributed by atoms with van der Waals surface area (Å²) in [5, 5.41) is 11.7. The van der Waals surface area contributed by atoms with Crippen LogP contribution in [0.25, 0.3) is 0 Å². The van der Waals surface area contributed by atoms with Crippen LogP contribution in [0.2, 0.25) is 0 Å². The van der Waals surface area contributed by atoms with Crippen molar-refractivity contribution in [3.05, 3.63) is 20.3 Å². The number of carboxylic acid groups (broad SMARTS) is 1. The Morgan fingerprint density at radius 2 is 2.40 bits per heavy atom. The van der Waals surface area contributed by atoms with E-state index in [0.717, 1.165) is 17.6 Å². The van der Waals surface area contributed by atoms with E-state index in [4.69, 9.17) is 5.11 Å². The molecule has 0 aliphatic carbocycles. The van der Waals surface area contributed by atoms with Gasteiger partial charge in [-0.05, 0) is 41.9 Å². The van der Waals surface area contributed by atoms with Crippen molar-refractivity contribution in [2.24, 2.45) is 0 Å². The molecule has 0 amide bonds. The van der Waals surface area contributed by atoms with Crippen molar-refractivity contribution in [3.8, 4) is 0 Å². The minimum Gasteiger partial charge on any atom is -0.481 e. The minimum absolute atomic E-state index is 0.236. The molecule has 1 aromatic heterocycles. The predicted octanol–water partition coefficient (Wildman–Crippen LogP) is 2.77. The quantitative estimate of drug-likeness (QED) is 0.793. The minimum atomic E-state index is -0.730. The summed E-state index contributed by atoms with van der Waals surface area (Å²) in [4.78, 5) is 12.8. The Kier molecular flexibility index (Phi) is 5.28. The SMILES string of the molecule is Cc1sc(CNCCCC(=O)O)cc1Br. The van der Waals surface area contributed by atoms with Crippen molar-refractivity contribution in [1.29, 1.82) is 0 Å². The maximum Gasteiger partial charge on any atom is 0.303 e. The Morgan fingerprint density at radius 1 is 1.67 bits per heavy atom. The largest absolute Gasteiger partial charge is 0.481 e. The van der Waals surface area contributed by atoms with E-state index in [9.17, 15) is 4.79 Å². The molecule has 2 N–H and O–H groups in total. The maximum atomic E-state index is 10.2. The molecule has 0 saturated heterocycles. The fourth-order valence-electron chi connectivity index (χ4n) is 1.18. The molecule has 0 aromatic carbocycles. The van der Waals surface area contributed by atoms with Crippen LogP contribution in [0.3, 0.4) is 0 Å². The third kappa shape index (κ3) is 4.77. The zero-order valence-electron chi connectivity index (χ0n) is 8.55. The number of carbonyl (C=O) groups is 1. The van der Waals surface area contributed by atoms with Crippen LogP contribution < -0.4 is 5.32 Å². The summed E-state index contributed by atoms with van der Waals surface area (Å²) in [5.74, 6) is -0.730. The number of aryl methyl sites for hydroxylation is 1. The molecule has 3 nitrogen and oxygen atoms in total. The molecule has 0 bridgehead atoms. The van der Waals surface area contributed by atoms with Crippen LogP contribution in [-0.4, -0.2) is 17.6 Å². The average Bonchev–Trinajstić information content (AvgIpc) is 2.45. The van der Waals surface area contributed by atoms with Gasteiger partial charge in [0, 0.05) is 27.2 Å². The summed E-state index contributed by atoms with van der Waals surface area (Å²) in [6.07, 6.45) is 0.918. The molecule has 5 heteroatoms. The Balaban J connectivity index is 2.18. The number of hydrogen-bond acceptors (Lipinski definition) is 3. The van der Waals surface area contributed by atoms with Gasteiger partial charge >= 0.3 is 5.97 Å². The molecule has 84 valence electrons. The second-order valence-electron chi connectivity index (χ2n) is 3.29. The molecule has 1 heterocycles. The molecular formula is C10H14BrNO2S. The van der Waals surface area contributed by atoms with Gasteiger partial charge in [0.15, 0.2) is 0 Å². The van der Waals surface area contributed by atoms with Crippen molar-refractivity contribution in [2.75, 3.05) is 6.54 Å². The lowest BCUT2D eigenvalue weighted by molar-refractivity contribution is -0.137. The van der Waals surface area contributed by atoms with Crippen LogP contribution in [0.1, 0.15) is 22.6 Å². The lowest BCUT2D eigenvalue weighted by Crippen LogP contribution is -2.14. The molecule has 1 rings (SSSR count). The normalized spacial score (nSPS) is 10.5. The van der Waals surface area contributed by atoms with E-state index in [-0.39, 0.29) is 6.42 Å². The third-order valence-corrected chi connectivity index (χ3v) is 4.09. The average molecular weight is 292 g/mol. The Morgan fingerprint density at radius 3 is 2.93 bits per heavy atom. The Bertz CT molecular complexity index is 319. The smallest absolute Gasteiger partial charge is 0.303 e. The first-order valence-corrected chi connectivity index (χ1v) is 6.38. The van der Waals surface area contributed by atoms with Crippen molar-refractivity contribution in [3.63, 3.8) is 0 Å². The second kappa shape index (κ2) is 6.25. The maximum absolute atomic E-state index is 10.2. The summed E-state index contributed by atoms with van der Waals surface area (Å²) in [5.41, 5.74) is 0. The van der Waals surface area contributed by atoms with E-state index in [1.165, 1.54) is 9.75 Å². The van der Waals surface area contributed by atoms with Gasteiger partial charge in [-0.15, -0.1) is 11.3 Å². The Hall–Kier alpha value is -0.390. The van der Waals surface area contributed by atoms with E-state index >= 15 is 0 Å². The highest BCUT2D eigenvalue weighted by Crippen LogP contribution is 2.25. The number of aliphatic carboxylic acids is 1. The third-order valence-electron chi connectivity index (χ3n) is 1.95. The van der Waals surface area contributed by atoms with Gasteiger partial charge in [-0.3, -0.25) is 4.79 Å². The fourth-order valence-corrected chi connectivity index (χ4v) is 2.75. The van der Waals surface area contributed by atoms with Crippen LogP contribution >= 0.6 is 27.3 Å². The van der Waals surface area contributed by atoms with Gasteiger partial charge in [0.2, 0.25) is 0 Å². The van der Waals surface area contributed by atoms with Crippen LogP contribution in [0.5, 0.6) is 0 Å². The van der Waals surface area contributed by atoms with Gasteiger partial charge in [0.1, 0.15) is 0 Å². The molecule has 15 heavy (non-hydrogen) atoms. The summed E-state index contributed by atoms with van der Waals surface area (Å²) in [6.45, 7) is 3.64. The zero-order valence-corrected chi connectivity index (χ0v) is 10.9. The molecule has 0 radical (unpaired) electrons. The molecular weight excluding hydrogens is 278 g/mol. The fraction of sp³-hybridized carbons (Fsp3) is 0.500. The first-order chi connectivity index (χ1) is 7.09. The second-order valence-corrected chi connectivity index (χ2v) is 5.49. The van der Waals surface area contributed by atoms with Crippen molar-refractivity contribution in [2.45, 2.75) is 26.3 Å². The van der Waals surface area contributed by atoms with E-state index in [0.29, 0.717) is 6.42 Å². The monoisotopic (exact) mass is 291 g/mol.